The summed E-state index contributed by atoms with van der Waals surface area (Å²) in [5.74, 6) is 2.50. The zero-order chi connectivity index (χ0) is 16.8. The second kappa shape index (κ2) is 8.68. The van der Waals surface area contributed by atoms with Crippen molar-refractivity contribution >= 4 is 0 Å². The summed E-state index contributed by atoms with van der Waals surface area (Å²) in [6, 6.07) is 0. The topological polar surface area (TPSA) is 40.5 Å². The van der Waals surface area contributed by atoms with Crippen LogP contribution in [0.5, 0.6) is 0 Å². The van der Waals surface area contributed by atoms with Crippen LogP contribution in [-0.4, -0.2) is 22.4 Å². The zero-order valence-corrected chi connectivity index (χ0v) is 15.7. The number of aliphatic hydroxyl groups is 2. The summed E-state index contributed by atoms with van der Waals surface area (Å²) in [6.07, 6.45) is 10.5. The molecule has 1 saturated carbocycles. The molecule has 0 heterocycles. The highest BCUT2D eigenvalue weighted by molar-refractivity contribution is 4.86. The van der Waals surface area contributed by atoms with Gasteiger partial charge in [0.25, 0.3) is 0 Å². The maximum absolute atomic E-state index is 10.1. The van der Waals surface area contributed by atoms with Crippen LogP contribution in [0.4, 0.5) is 0 Å². The molecule has 0 spiro atoms. The van der Waals surface area contributed by atoms with E-state index in [9.17, 15) is 5.11 Å². The third-order valence-corrected chi connectivity index (χ3v) is 6.20. The lowest BCUT2D eigenvalue weighted by Gasteiger charge is -2.43. The summed E-state index contributed by atoms with van der Waals surface area (Å²) in [5, 5.41) is 19.1. The Labute approximate surface area is 138 Å². The lowest BCUT2D eigenvalue weighted by Crippen LogP contribution is -2.33. The first-order valence-corrected chi connectivity index (χ1v) is 9.51. The second-order valence-corrected chi connectivity index (χ2v) is 9.01. The fourth-order valence-electron chi connectivity index (χ4n) is 4.52. The summed E-state index contributed by atoms with van der Waals surface area (Å²) in [6.45, 7) is 11.7. The van der Waals surface area contributed by atoms with Gasteiger partial charge in [-0.25, -0.2) is 0 Å². The van der Waals surface area contributed by atoms with Gasteiger partial charge in [-0.05, 0) is 55.8 Å². The Kier molecular flexibility index (Phi) is 7.88. The highest BCUT2D eigenvalue weighted by Crippen LogP contribution is 2.46. The molecule has 0 saturated heterocycles. The molecule has 22 heavy (non-hydrogen) atoms. The van der Waals surface area contributed by atoms with Crippen molar-refractivity contribution in [2.75, 3.05) is 6.61 Å². The molecule has 0 aliphatic heterocycles. The van der Waals surface area contributed by atoms with Crippen LogP contribution in [0.15, 0.2) is 0 Å². The molecule has 2 heteroatoms. The summed E-state index contributed by atoms with van der Waals surface area (Å²) in [7, 11) is 0. The van der Waals surface area contributed by atoms with Crippen LogP contribution in [0.1, 0.15) is 92.4 Å². The van der Waals surface area contributed by atoms with Crippen LogP contribution in [0.3, 0.4) is 0 Å². The third-order valence-electron chi connectivity index (χ3n) is 6.20. The monoisotopic (exact) mass is 312 g/mol. The molecule has 132 valence electrons. The van der Waals surface area contributed by atoms with E-state index < -0.39 is 5.60 Å². The van der Waals surface area contributed by atoms with E-state index in [-0.39, 0.29) is 6.61 Å². The normalized spacial score (nSPS) is 29.0. The molecule has 2 N–H and O–H groups in total. The number of aliphatic hydroxyl groups excluding tert-OH is 1. The smallest absolute Gasteiger partial charge is 0.0641 e. The van der Waals surface area contributed by atoms with Gasteiger partial charge in [-0.1, -0.05) is 59.8 Å². The Morgan fingerprint density at radius 3 is 2.50 bits per heavy atom. The van der Waals surface area contributed by atoms with E-state index in [1.54, 1.807) is 0 Å². The van der Waals surface area contributed by atoms with Gasteiger partial charge in [0.15, 0.2) is 0 Å². The van der Waals surface area contributed by atoms with E-state index in [4.69, 9.17) is 5.11 Å². The van der Waals surface area contributed by atoms with Crippen molar-refractivity contribution in [3.63, 3.8) is 0 Å². The quantitative estimate of drug-likeness (QED) is 0.616. The van der Waals surface area contributed by atoms with E-state index in [1.165, 1.54) is 38.5 Å². The summed E-state index contributed by atoms with van der Waals surface area (Å²) >= 11 is 0. The molecule has 0 radical (unpaired) electrons. The molecule has 0 aromatic rings. The zero-order valence-electron chi connectivity index (χ0n) is 15.7. The molecular weight excluding hydrogens is 272 g/mol. The van der Waals surface area contributed by atoms with Crippen molar-refractivity contribution in [1.29, 1.82) is 0 Å². The van der Waals surface area contributed by atoms with Gasteiger partial charge in [-0.15, -0.1) is 0 Å². The van der Waals surface area contributed by atoms with Crippen molar-refractivity contribution in [2.24, 2.45) is 23.2 Å². The Bertz CT molecular complexity index is 309. The van der Waals surface area contributed by atoms with Gasteiger partial charge < -0.3 is 10.2 Å². The Morgan fingerprint density at radius 2 is 1.91 bits per heavy atom. The lowest BCUT2D eigenvalue weighted by atomic mass is 9.62. The molecule has 2 unspecified atom stereocenters. The van der Waals surface area contributed by atoms with Crippen molar-refractivity contribution < 1.29 is 10.2 Å². The minimum Gasteiger partial charge on any atom is -0.396 e. The highest BCUT2D eigenvalue weighted by atomic mass is 16.3. The second-order valence-electron chi connectivity index (χ2n) is 9.01. The standard InChI is InChI=1S/C20H40O2/c1-16(8-6-13-20(5,22)14-15-21)10-11-18-17(2)9-7-12-19(18,3)4/h16-18,21-22H,6-15H2,1-5H3/t16?,17-,18-,20?/m0/s1. The molecule has 2 nitrogen and oxygen atoms in total. The lowest BCUT2D eigenvalue weighted by molar-refractivity contribution is 0.0221. The Hall–Kier alpha value is -0.0800. The molecule has 0 aromatic heterocycles. The van der Waals surface area contributed by atoms with Crippen LogP contribution in [0.2, 0.25) is 0 Å². The maximum atomic E-state index is 10.1. The van der Waals surface area contributed by atoms with Crippen LogP contribution >= 0.6 is 0 Å². The van der Waals surface area contributed by atoms with Crippen molar-refractivity contribution in [1.82, 2.24) is 0 Å². The fourth-order valence-corrected chi connectivity index (χ4v) is 4.52. The first-order valence-electron chi connectivity index (χ1n) is 9.51. The van der Waals surface area contributed by atoms with Crippen molar-refractivity contribution in [3.05, 3.63) is 0 Å². The van der Waals surface area contributed by atoms with Gasteiger partial charge in [0.2, 0.25) is 0 Å². The molecule has 1 aliphatic rings. The van der Waals surface area contributed by atoms with Gasteiger partial charge in [0.05, 0.1) is 5.60 Å². The van der Waals surface area contributed by atoms with Gasteiger partial charge in [0, 0.05) is 6.61 Å². The SMILES string of the molecule is CC(CCCC(C)(O)CCO)CC[C@H]1[C@@H](C)CCCC1(C)C. The molecule has 1 rings (SSSR count). The fraction of sp³-hybridized carbons (Fsp3) is 1.00. The minimum atomic E-state index is -0.686. The first-order chi connectivity index (χ1) is 10.2. The molecule has 0 bridgehead atoms. The van der Waals surface area contributed by atoms with E-state index in [0.717, 1.165) is 30.6 Å². The van der Waals surface area contributed by atoms with Gasteiger partial charge in [0.1, 0.15) is 0 Å². The predicted molar refractivity (Wildman–Crippen MR) is 94.9 cm³/mol. The predicted octanol–water partition coefficient (Wildman–Crippen LogP) is 5.17. The van der Waals surface area contributed by atoms with Crippen LogP contribution in [0.25, 0.3) is 0 Å². The highest BCUT2D eigenvalue weighted by Gasteiger charge is 2.36. The van der Waals surface area contributed by atoms with E-state index in [2.05, 4.69) is 27.7 Å². The van der Waals surface area contributed by atoms with Gasteiger partial charge in [-0.3, -0.25) is 0 Å². The molecule has 0 amide bonds. The molecular formula is C20H40O2. The number of rotatable bonds is 9. The van der Waals surface area contributed by atoms with E-state index >= 15 is 0 Å². The molecule has 0 aromatic carbocycles. The first kappa shape index (κ1) is 20.0. The third kappa shape index (κ3) is 6.58. The Morgan fingerprint density at radius 1 is 1.23 bits per heavy atom. The average Bonchev–Trinajstić information content (AvgIpc) is 2.36. The van der Waals surface area contributed by atoms with Crippen LogP contribution < -0.4 is 0 Å². The Balaban J connectivity index is 2.29. The van der Waals surface area contributed by atoms with Crippen molar-refractivity contribution in [3.8, 4) is 0 Å². The van der Waals surface area contributed by atoms with E-state index in [1.807, 2.05) is 6.92 Å². The van der Waals surface area contributed by atoms with Gasteiger partial charge >= 0.3 is 0 Å². The number of hydrogen-bond donors (Lipinski definition) is 2. The molecule has 4 atom stereocenters. The largest absolute Gasteiger partial charge is 0.396 e. The minimum absolute atomic E-state index is 0.0806. The van der Waals surface area contributed by atoms with Crippen LogP contribution in [0, 0.1) is 23.2 Å². The molecule has 1 fully saturated rings. The average molecular weight is 313 g/mol. The van der Waals surface area contributed by atoms with Crippen LogP contribution in [-0.2, 0) is 0 Å². The van der Waals surface area contributed by atoms with Gasteiger partial charge in [-0.2, -0.15) is 0 Å². The van der Waals surface area contributed by atoms with E-state index in [0.29, 0.717) is 11.8 Å². The molecule has 1 aliphatic carbocycles. The van der Waals surface area contributed by atoms with Crippen molar-refractivity contribution in [2.45, 2.75) is 98.0 Å². The summed E-state index contributed by atoms with van der Waals surface area (Å²) in [4.78, 5) is 0. The number of hydrogen-bond acceptors (Lipinski definition) is 2. The summed E-state index contributed by atoms with van der Waals surface area (Å²) in [5.41, 5.74) is -0.170. The maximum Gasteiger partial charge on any atom is 0.0641 e. The summed E-state index contributed by atoms with van der Waals surface area (Å²) < 4.78 is 0.